The van der Waals surface area contributed by atoms with Gasteiger partial charge in [0.25, 0.3) is 0 Å². The number of rotatable bonds is 3. The number of carboxylic acids is 1. The SMILES string of the molecule is O=C([O-])CNC1Cc2ccccc2C1.[Na+]. The first-order valence-corrected chi connectivity index (χ1v) is 4.75. The first-order chi connectivity index (χ1) is 6.75. The van der Waals surface area contributed by atoms with Gasteiger partial charge < -0.3 is 15.2 Å². The number of aliphatic carboxylic acids is 1. The van der Waals surface area contributed by atoms with E-state index in [1.54, 1.807) is 0 Å². The number of nitrogens with one attached hydrogen (secondary N) is 1. The fraction of sp³-hybridized carbons (Fsp3) is 0.364. The van der Waals surface area contributed by atoms with Crippen LogP contribution in [0.3, 0.4) is 0 Å². The normalized spacial score (nSPS) is 14.4. The van der Waals surface area contributed by atoms with E-state index >= 15 is 0 Å². The van der Waals surface area contributed by atoms with Crippen LogP contribution >= 0.6 is 0 Å². The molecule has 1 aromatic rings. The quantitative estimate of drug-likeness (QED) is 0.530. The maximum atomic E-state index is 10.3. The Balaban J connectivity index is 0.00000112. The largest absolute Gasteiger partial charge is 1.00 e. The summed E-state index contributed by atoms with van der Waals surface area (Å²) in [5.74, 6) is -1.04. The monoisotopic (exact) mass is 213 g/mol. The Labute approximate surface area is 111 Å². The summed E-state index contributed by atoms with van der Waals surface area (Å²) in [7, 11) is 0. The molecule has 3 nitrogen and oxygen atoms in total. The smallest absolute Gasteiger partial charge is 0.549 e. The standard InChI is InChI=1S/C11H13NO2.Na/c13-11(14)7-12-10-5-8-3-1-2-4-9(8)6-10;/h1-4,10,12H,5-7H2,(H,13,14);/q;+1/p-1. The van der Waals surface area contributed by atoms with Crippen molar-refractivity contribution in [1.82, 2.24) is 5.32 Å². The number of fused-ring (bicyclic) bond motifs is 1. The second kappa shape index (κ2) is 5.66. The molecule has 0 bridgehead atoms. The van der Waals surface area contributed by atoms with Gasteiger partial charge >= 0.3 is 29.6 Å². The number of carboxylic acid groups (broad SMARTS) is 1. The Morgan fingerprint density at radius 3 is 2.33 bits per heavy atom. The summed E-state index contributed by atoms with van der Waals surface area (Å²) in [6.45, 7) is -0.0569. The topological polar surface area (TPSA) is 52.2 Å². The van der Waals surface area contributed by atoms with Crippen LogP contribution in [0.1, 0.15) is 11.1 Å². The van der Waals surface area contributed by atoms with Crippen LogP contribution in [0.2, 0.25) is 0 Å². The van der Waals surface area contributed by atoms with Gasteiger partial charge in [0.1, 0.15) is 0 Å². The van der Waals surface area contributed by atoms with Crippen LogP contribution in [0.25, 0.3) is 0 Å². The van der Waals surface area contributed by atoms with E-state index in [9.17, 15) is 9.90 Å². The van der Waals surface area contributed by atoms with Gasteiger partial charge in [-0.2, -0.15) is 0 Å². The minimum absolute atomic E-state index is 0. The van der Waals surface area contributed by atoms with Crippen LogP contribution in [-0.4, -0.2) is 18.6 Å². The number of hydrogen-bond acceptors (Lipinski definition) is 3. The minimum atomic E-state index is -1.04. The Morgan fingerprint density at radius 1 is 1.33 bits per heavy atom. The molecule has 15 heavy (non-hydrogen) atoms. The van der Waals surface area contributed by atoms with Crippen LogP contribution < -0.4 is 40.0 Å². The second-order valence-corrected chi connectivity index (χ2v) is 3.63. The third kappa shape index (κ3) is 3.31. The van der Waals surface area contributed by atoms with Crippen molar-refractivity contribution in [3.8, 4) is 0 Å². The summed E-state index contributed by atoms with van der Waals surface area (Å²) in [6, 6.07) is 8.47. The van der Waals surface area contributed by atoms with Crippen molar-refractivity contribution in [2.45, 2.75) is 18.9 Å². The van der Waals surface area contributed by atoms with E-state index in [0.717, 1.165) is 12.8 Å². The van der Waals surface area contributed by atoms with Crippen molar-refractivity contribution in [3.05, 3.63) is 35.4 Å². The van der Waals surface area contributed by atoms with Gasteiger partial charge in [-0.25, -0.2) is 0 Å². The zero-order valence-electron chi connectivity index (χ0n) is 8.82. The Hall–Kier alpha value is -0.350. The van der Waals surface area contributed by atoms with E-state index in [4.69, 9.17) is 0 Å². The van der Waals surface area contributed by atoms with Gasteiger partial charge in [-0.15, -0.1) is 0 Å². The van der Waals surface area contributed by atoms with Crippen molar-refractivity contribution in [3.63, 3.8) is 0 Å². The molecule has 1 aliphatic rings. The van der Waals surface area contributed by atoms with Gasteiger partial charge in [-0.1, -0.05) is 24.3 Å². The zero-order valence-corrected chi connectivity index (χ0v) is 10.8. The molecule has 2 rings (SSSR count). The molecule has 0 aromatic heterocycles. The molecule has 0 spiro atoms. The third-order valence-corrected chi connectivity index (χ3v) is 2.59. The van der Waals surface area contributed by atoms with Gasteiger partial charge in [0.15, 0.2) is 0 Å². The molecule has 1 aromatic carbocycles. The number of benzene rings is 1. The fourth-order valence-corrected chi connectivity index (χ4v) is 1.93. The van der Waals surface area contributed by atoms with Gasteiger partial charge in [-0.05, 0) is 24.0 Å². The van der Waals surface area contributed by atoms with Gasteiger partial charge in [0.05, 0.1) is 5.97 Å². The first-order valence-electron chi connectivity index (χ1n) is 4.75. The molecule has 0 saturated carbocycles. The number of carbonyl (C=O) groups excluding carboxylic acids is 1. The average molecular weight is 213 g/mol. The van der Waals surface area contributed by atoms with Crippen LogP contribution in [0.4, 0.5) is 0 Å². The second-order valence-electron chi connectivity index (χ2n) is 3.63. The van der Waals surface area contributed by atoms with Crippen LogP contribution in [0, 0.1) is 0 Å². The molecule has 0 heterocycles. The van der Waals surface area contributed by atoms with Crippen LogP contribution in [0.15, 0.2) is 24.3 Å². The van der Waals surface area contributed by atoms with Gasteiger partial charge in [0.2, 0.25) is 0 Å². The molecule has 1 aliphatic carbocycles. The van der Waals surface area contributed by atoms with Crippen molar-refractivity contribution in [2.75, 3.05) is 6.54 Å². The van der Waals surface area contributed by atoms with Gasteiger partial charge in [-0.3, -0.25) is 0 Å². The molecule has 0 fully saturated rings. The summed E-state index contributed by atoms with van der Waals surface area (Å²) in [6.07, 6.45) is 1.84. The maximum Gasteiger partial charge on any atom is 1.00 e. The van der Waals surface area contributed by atoms with E-state index in [2.05, 4.69) is 17.4 Å². The summed E-state index contributed by atoms with van der Waals surface area (Å²) >= 11 is 0. The Morgan fingerprint density at radius 2 is 1.87 bits per heavy atom. The van der Waals surface area contributed by atoms with Crippen molar-refractivity contribution in [1.29, 1.82) is 0 Å². The first kappa shape index (κ1) is 12.7. The third-order valence-electron chi connectivity index (χ3n) is 2.59. The molecule has 0 radical (unpaired) electrons. The molecular formula is C11H12NNaO2. The van der Waals surface area contributed by atoms with E-state index in [-0.39, 0.29) is 42.1 Å². The summed E-state index contributed by atoms with van der Waals surface area (Å²) < 4.78 is 0. The zero-order chi connectivity index (χ0) is 9.97. The molecule has 0 unspecified atom stereocenters. The molecule has 74 valence electrons. The van der Waals surface area contributed by atoms with Crippen molar-refractivity contribution in [2.24, 2.45) is 0 Å². The van der Waals surface area contributed by atoms with Crippen molar-refractivity contribution < 1.29 is 39.5 Å². The van der Waals surface area contributed by atoms with Crippen molar-refractivity contribution >= 4 is 5.97 Å². The molecule has 0 aliphatic heterocycles. The summed E-state index contributed by atoms with van der Waals surface area (Å²) in [4.78, 5) is 10.3. The van der Waals surface area contributed by atoms with E-state index in [1.165, 1.54) is 11.1 Å². The van der Waals surface area contributed by atoms with Gasteiger partial charge in [0, 0.05) is 12.6 Å². The van der Waals surface area contributed by atoms with Crippen LogP contribution in [-0.2, 0) is 17.6 Å². The molecule has 1 N–H and O–H groups in total. The Bertz CT molecular complexity index is 329. The predicted octanol–water partition coefficient (Wildman–Crippen LogP) is -3.50. The summed E-state index contributed by atoms with van der Waals surface area (Å²) in [5.41, 5.74) is 2.65. The molecule has 0 saturated heterocycles. The number of hydrogen-bond donors (Lipinski definition) is 1. The predicted molar refractivity (Wildman–Crippen MR) is 50.6 cm³/mol. The molecule has 4 heteroatoms. The van der Waals surface area contributed by atoms with Crippen LogP contribution in [0.5, 0.6) is 0 Å². The molecule has 0 atom stereocenters. The maximum absolute atomic E-state index is 10.3. The van der Waals surface area contributed by atoms with E-state index in [1.807, 2.05) is 12.1 Å². The number of carbonyl (C=O) groups is 1. The minimum Gasteiger partial charge on any atom is -0.549 e. The van der Waals surface area contributed by atoms with E-state index in [0.29, 0.717) is 0 Å². The fourth-order valence-electron chi connectivity index (χ4n) is 1.93. The average Bonchev–Trinajstić information content (AvgIpc) is 2.57. The summed E-state index contributed by atoms with van der Waals surface area (Å²) in [5, 5.41) is 13.2. The molecular weight excluding hydrogens is 201 g/mol. The Kier molecular flexibility index (Phi) is 4.80. The van der Waals surface area contributed by atoms with E-state index < -0.39 is 5.97 Å². The molecule has 0 amide bonds.